The molecule has 0 saturated carbocycles. The predicted molar refractivity (Wildman–Crippen MR) is 141 cm³/mol. The van der Waals surface area contributed by atoms with E-state index in [1.165, 1.54) is 10.6 Å². The number of rotatable bonds is 8. The second-order valence-corrected chi connectivity index (χ2v) is 12.7. The molecule has 2 heterocycles. The van der Waals surface area contributed by atoms with Crippen molar-refractivity contribution >= 4 is 37.2 Å². The Morgan fingerprint density at radius 2 is 1.64 bits per heavy atom. The maximum absolute atomic E-state index is 13.0. The van der Waals surface area contributed by atoms with E-state index in [0.717, 1.165) is 16.7 Å². The number of aryl methyl sites for hydroxylation is 1. The fraction of sp³-hybridized carbons (Fsp3) is 0.280. The molecule has 1 aromatic heterocycles. The molecule has 9 nitrogen and oxygen atoms in total. The highest BCUT2D eigenvalue weighted by atomic mass is 32.2. The van der Waals surface area contributed by atoms with Gasteiger partial charge in [-0.15, -0.1) is 0 Å². The van der Waals surface area contributed by atoms with Gasteiger partial charge in [-0.3, -0.25) is 0 Å². The van der Waals surface area contributed by atoms with E-state index in [4.69, 9.17) is 5.73 Å². The standard InChI is InChI=1S/C25H29N5O4S2/c1-18-3-7-22(8-4-18)36(33,34)30-15-12-20(13-16-30)23-17-24(29-25(26)28-23)27-14-11-19-5-9-21(10-6-19)35(2,31)32/h3-10,12,17H,11,13-16H2,1-2H3,(H3,26,27,28,29). The zero-order chi connectivity index (χ0) is 25.9. The first-order valence-electron chi connectivity index (χ1n) is 11.5. The van der Waals surface area contributed by atoms with Crippen LogP contribution in [-0.4, -0.2) is 57.0 Å². The molecule has 1 aliphatic heterocycles. The molecule has 0 radical (unpaired) electrons. The molecule has 0 saturated heterocycles. The van der Waals surface area contributed by atoms with Crippen molar-refractivity contribution in [3.8, 4) is 0 Å². The van der Waals surface area contributed by atoms with Crippen molar-refractivity contribution in [2.24, 2.45) is 0 Å². The molecular formula is C25H29N5O4S2. The van der Waals surface area contributed by atoms with Crippen LogP contribution in [0, 0.1) is 6.92 Å². The Morgan fingerprint density at radius 1 is 0.972 bits per heavy atom. The van der Waals surface area contributed by atoms with Gasteiger partial charge in [0.25, 0.3) is 0 Å². The molecule has 36 heavy (non-hydrogen) atoms. The molecular weight excluding hydrogens is 498 g/mol. The van der Waals surface area contributed by atoms with Crippen molar-refractivity contribution in [1.29, 1.82) is 0 Å². The Bertz CT molecular complexity index is 1480. The number of hydrogen-bond donors (Lipinski definition) is 2. The summed E-state index contributed by atoms with van der Waals surface area (Å²) in [5.41, 5.74) is 9.51. The number of hydrogen-bond acceptors (Lipinski definition) is 8. The van der Waals surface area contributed by atoms with Crippen molar-refractivity contribution in [3.63, 3.8) is 0 Å². The van der Waals surface area contributed by atoms with Gasteiger partial charge in [0.2, 0.25) is 16.0 Å². The molecule has 0 fully saturated rings. The van der Waals surface area contributed by atoms with Gasteiger partial charge >= 0.3 is 0 Å². The minimum absolute atomic E-state index is 0.128. The van der Waals surface area contributed by atoms with Crippen LogP contribution in [0.25, 0.3) is 5.57 Å². The van der Waals surface area contributed by atoms with Crippen molar-refractivity contribution in [1.82, 2.24) is 14.3 Å². The fourth-order valence-corrected chi connectivity index (χ4v) is 5.93. The molecule has 2 aromatic carbocycles. The normalized spacial score (nSPS) is 14.9. The summed E-state index contributed by atoms with van der Waals surface area (Å²) in [6, 6.07) is 15.4. The van der Waals surface area contributed by atoms with E-state index in [0.29, 0.717) is 42.3 Å². The second-order valence-electron chi connectivity index (χ2n) is 8.74. The van der Waals surface area contributed by atoms with Gasteiger partial charge in [-0.25, -0.2) is 21.8 Å². The van der Waals surface area contributed by atoms with Crippen molar-refractivity contribution < 1.29 is 16.8 Å². The van der Waals surface area contributed by atoms with Gasteiger partial charge in [0.05, 0.1) is 15.5 Å². The van der Waals surface area contributed by atoms with E-state index in [1.807, 2.05) is 13.0 Å². The summed E-state index contributed by atoms with van der Waals surface area (Å²) in [6.45, 7) is 3.08. The number of anilines is 2. The van der Waals surface area contributed by atoms with E-state index in [9.17, 15) is 16.8 Å². The lowest BCUT2D eigenvalue weighted by Crippen LogP contribution is -2.34. The van der Waals surface area contributed by atoms with Gasteiger partial charge in [0.15, 0.2) is 9.84 Å². The highest BCUT2D eigenvalue weighted by Crippen LogP contribution is 2.26. The molecule has 0 unspecified atom stereocenters. The average molecular weight is 528 g/mol. The summed E-state index contributed by atoms with van der Waals surface area (Å²) in [5, 5.41) is 3.23. The number of aromatic nitrogens is 2. The molecule has 3 aromatic rings. The largest absolute Gasteiger partial charge is 0.370 e. The van der Waals surface area contributed by atoms with Gasteiger partial charge in [-0.2, -0.15) is 9.29 Å². The number of sulfone groups is 1. The van der Waals surface area contributed by atoms with Crippen LogP contribution in [-0.2, 0) is 26.3 Å². The topological polar surface area (TPSA) is 135 Å². The Kier molecular flexibility index (Phi) is 7.43. The lowest BCUT2D eigenvalue weighted by molar-refractivity contribution is 0.441. The Labute approximate surface area is 212 Å². The first kappa shape index (κ1) is 25.8. The van der Waals surface area contributed by atoms with E-state index in [-0.39, 0.29) is 17.4 Å². The van der Waals surface area contributed by atoms with Gasteiger partial charge in [-0.1, -0.05) is 35.9 Å². The van der Waals surface area contributed by atoms with Gasteiger partial charge in [0, 0.05) is 32.0 Å². The van der Waals surface area contributed by atoms with E-state index in [1.54, 1.807) is 54.6 Å². The molecule has 0 amide bonds. The number of nitrogens with zero attached hydrogens (tertiary/aromatic N) is 3. The third kappa shape index (κ3) is 6.10. The third-order valence-corrected chi connectivity index (χ3v) is 8.98. The maximum atomic E-state index is 13.0. The predicted octanol–water partition coefficient (Wildman–Crippen LogP) is 2.90. The summed E-state index contributed by atoms with van der Waals surface area (Å²) >= 11 is 0. The highest BCUT2D eigenvalue weighted by Gasteiger charge is 2.26. The number of nitrogen functional groups attached to an aromatic ring is 1. The molecule has 11 heteroatoms. The molecule has 190 valence electrons. The first-order chi connectivity index (χ1) is 17.0. The number of benzene rings is 2. The average Bonchev–Trinajstić information content (AvgIpc) is 2.84. The molecule has 0 aliphatic carbocycles. The number of nitrogens with one attached hydrogen (secondary N) is 1. The number of nitrogens with two attached hydrogens (primary N) is 1. The van der Waals surface area contributed by atoms with Crippen LogP contribution in [0.2, 0.25) is 0 Å². The summed E-state index contributed by atoms with van der Waals surface area (Å²) in [6.07, 6.45) is 4.22. The van der Waals surface area contributed by atoms with Crippen LogP contribution in [0.5, 0.6) is 0 Å². The van der Waals surface area contributed by atoms with Gasteiger partial charge in [0.1, 0.15) is 5.82 Å². The molecule has 0 bridgehead atoms. The van der Waals surface area contributed by atoms with Crippen molar-refractivity contribution in [2.75, 3.05) is 36.9 Å². The third-order valence-electron chi connectivity index (χ3n) is 5.97. The van der Waals surface area contributed by atoms with E-state index in [2.05, 4.69) is 15.3 Å². The minimum Gasteiger partial charge on any atom is -0.370 e. The first-order valence-corrected chi connectivity index (χ1v) is 14.8. The lowest BCUT2D eigenvalue weighted by Gasteiger charge is -2.26. The fourth-order valence-electron chi connectivity index (χ4n) is 3.92. The molecule has 0 atom stereocenters. The second kappa shape index (κ2) is 10.4. The zero-order valence-corrected chi connectivity index (χ0v) is 21.8. The zero-order valence-electron chi connectivity index (χ0n) is 20.2. The summed E-state index contributed by atoms with van der Waals surface area (Å²) < 4.78 is 50.6. The summed E-state index contributed by atoms with van der Waals surface area (Å²) in [4.78, 5) is 9.17. The maximum Gasteiger partial charge on any atom is 0.243 e. The molecule has 3 N–H and O–H groups in total. The van der Waals surface area contributed by atoms with Crippen LogP contribution in [0.3, 0.4) is 0 Å². The van der Waals surface area contributed by atoms with Crippen LogP contribution in [0.4, 0.5) is 11.8 Å². The Hall–Kier alpha value is -3.28. The van der Waals surface area contributed by atoms with Crippen molar-refractivity contribution in [2.45, 2.75) is 29.6 Å². The van der Waals surface area contributed by atoms with Crippen LogP contribution in [0.1, 0.15) is 23.2 Å². The summed E-state index contributed by atoms with van der Waals surface area (Å²) in [5.74, 6) is 0.698. The van der Waals surface area contributed by atoms with E-state index < -0.39 is 19.9 Å². The summed E-state index contributed by atoms with van der Waals surface area (Å²) in [7, 11) is -6.78. The van der Waals surface area contributed by atoms with E-state index >= 15 is 0 Å². The molecule has 0 spiro atoms. The highest BCUT2D eigenvalue weighted by molar-refractivity contribution is 7.90. The number of sulfonamides is 1. The Morgan fingerprint density at radius 3 is 2.25 bits per heavy atom. The SMILES string of the molecule is Cc1ccc(S(=O)(=O)N2CC=C(c3cc(NCCc4ccc(S(C)(=O)=O)cc4)nc(N)n3)CC2)cc1. The monoisotopic (exact) mass is 527 g/mol. The molecule has 4 rings (SSSR count). The lowest BCUT2D eigenvalue weighted by atomic mass is 10.1. The van der Waals surface area contributed by atoms with Crippen LogP contribution >= 0.6 is 0 Å². The van der Waals surface area contributed by atoms with Crippen LogP contribution in [0.15, 0.2) is 70.5 Å². The minimum atomic E-state index is -3.56. The molecule has 1 aliphatic rings. The van der Waals surface area contributed by atoms with Crippen LogP contribution < -0.4 is 11.1 Å². The quantitative estimate of drug-likeness (QED) is 0.457. The van der Waals surface area contributed by atoms with Gasteiger partial charge in [-0.05, 0) is 55.2 Å². The smallest absolute Gasteiger partial charge is 0.243 e. The van der Waals surface area contributed by atoms with Gasteiger partial charge < -0.3 is 11.1 Å². The Balaban J connectivity index is 1.40. The van der Waals surface area contributed by atoms with Crippen molar-refractivity contribution in [3.05, 3.63) is 77.5 Å².